The minimum Gasteiger partial charge on any atom is -0.366 e. The van der Waals surface area contributed by atoms with Crippen LogP contribution in [-0.2, 0) is 27.8 Å². The van der Waals surface area contributed by atoms with Crippen LogP contribution in [0.1, 0.15) is 16.7 Å². The van der Waals surface area contributed by atoms with E-state index in [9.17, 15) is 18.5 Å². The SMILES string of the molecule is C=CC(=O)N1CCN(c2nc(N3CCN(S(C)(=O)=O)CC3)c(C#N)c3c2CCN(c2cccc4ccccc24)C3)CC1. The first kappa shape index (κ1) is 28.0. The standard InChI is InChI=1S/C31H35N7O3S/c1-3-29(39)34-13-15-35(16-14-34)30-25-11-12-37(28-10-6-8-23-7-4-5-9-24(23)28)22-27(25)26(21-32)31(33-30)36-17-19-38(20-18-36)42(2,40)41/h3-10H,1,11-20,22H2,2H3. The van der Waals surface area contributed by atoms with E-state index >= 15 is 0 Å². The largest absolute Gasteiger partial charge is 0.366 e. The maximum absolute atomic E-state index is 12.2. The molecule has 0 N–H and O–H groups in total. The van der Waals surface area contributed by atoms with Crippen LogP contribution < -0.4 is 14.7 Å². The molecule has 1 aromatic heterocycles. The first-order valence-electron chi connectivity index (χ1n) is 14.3. The molecule has 0 radical (unpaired) electrons. The zero-order valence-corrected chi connectivity index (χ0v) is 24.7. The fourth-order valence-electron chi connectivity index (χ4n) is 6.40. The molecule has 0 aliphatic carbocycles. The van der Waals surface area contributed by atoms with Gasteiger partial charge in [0, 0.05) is 82.1 Å². The van der Waals surface area contributed by atoms with Crippen molar-refractivity contribution >= 4 is 44.0 Å². The van der Waals surface area contributed by atoms with Gasteiger partial charge in [0.1, 0.15) is 17.7 Å². The van der Waals surface area contributed by atoms with Gasteiger partial charge in [0.05, 0.1) is 11.8 Å². The number of sulfonamides is 1. The summed E-state index contributed by atoms with van der Waals surface area (Å²) in [4.78, 5) is 25.8. The number of benzene rings is 2. The third-order valence-electron chi connectivity index (χ3n) is 8.64. The summed E-state index contributed by atoms with van der Waals surface area (Å²) in [5.74, 6) is 1.41. The Labute approximate surface area is 247 Å². The number of hydrogen-bond donors (Lipinski definition) is 0. The Morgan fingerprint density at radius 1 is 0.881 bits per heavy atom. The Morgan fingerprint density at radius 2 is 1.55 bits per heavy atom. The molecule has 2 fully saturated rings. The Balaban J connectivity index is 1.40. The van der Waals surface area contributed by atoms with Gasteiger partial charge in [-0.1, -0.05) is 43.0 Å². The van der Waals surface area contributed by atoms with E-state index < -0.39 is 10.0 Å². The van der Waals surface area contributed by atoms with E-state index in [1.54, 1.807) is 4.90 Å². The highest BCUT2D eigenvalue weighted by atomic mass is 32.2. The summed E-state index contributed by atoms with van der Waals surface area (Å²) >= 11 is 0. The second kappa shape index (κ2) is 11.3. The van der Waals surface area contributed by atoms with Gasteiger partial charge in [-0.3, -0.25) is 4.79 Å². The van der Waals surface area contributed by atoms with Gasteiger partial charge in [0.2, 0.25) is 15.9 Å². The number of anilines is 3. The van der Waals surface area contributed by atoms with E-state index in [-0.39, 0.29) is 5.91 Å². The average molecular weight is 586 g/mol. The lowest BCUT2D eigenvalue weighted by Crippen LogP contribution is -2.50. The van der Waals surface area contributed by atoms with Crippen molar-refractivity contribution in [3.05, 3.63) is 71.8 Å². The Hall–Kier alpha value is -4.14. The minimum absolute atomic E-state index is 0.0698. The Morgan fingerprint density at radius 3 is 2.24 bits per heavy atom. The summed E-state index contributed by atoms with van der Waals surface area (Å²) in [5, 5.41) is 12.9. The van der Waals surface area contributed by atoms with Gasteiger partial charge in [0.25, 0.3) is 0 Å². The lowest BCUT2D eigenvalue weighted by Gasteiger charge is -2.40. The van der Waals surface area contributed by atoms with Crippen LogP contribution in [0.15, 0.2) is 55.1 Å². The first-order valence-corrected chi connectivity index (χ1v) is 16.2. The number of amides is 1. The van der Waals surface area contributed by atoms with Crippen molar-refractivity contribution in [3.63, 3.8) is 0 Å². The predicted molar refractivity (Wildman–Crippen MR) is 165 cm³/mol. The number of hydrogen-bond acceptors (Lipinski definition) is 8. The fraction of sp³-hybridized carbons (Fsp3) is 0.387. The molecule has 4 heterocycles. The van der Waals surface area contributed by atoms with E-state index in [0.717, 1.165) is 35.6 Å². The second-order valence-electron chi connectivity index (χ2n) is 11.0. The average Bonchev–Trinajstić information content (AvgIpc) is 3.02. The molecule has 2 saturated heterocycles. The topological polar surface area (TPSA) is 104 Å². The Kier molecular flexibility index (Phi) is 7.51. The van der Waals surface area contributed by atoms with E-state index in [1.807, 2.05) is 6.07 Å². The monoisotopic (exact) mass is 585 g/mol. The molecule has 3 aliphatic rings. The summed E-state index contributed by atoms with van der Waals surface area (Å²) in [5.41, 5.74) is 3.77. The molecule has 6 rings (SSSR count). The molecule has 0 saturated carbocycles. The lowest BCUT2D eigenvalue weighted by molar-refractivity contribution is -0.126. The van der Waals surface area contributed by atoms with Crippen molar-refractivity contribution < 1.29 is 13.2 Å². The number of nitriles is 1. The number of carbonyl (C=O) groups is 1. The number of piperazine rings is 2. The highest BCUT2D eigenvalue weighted by molar-refractivity contribution is 7.88. The molecule has 11 heteroatoms. The van der Waals surface area contributed by atoms with Crippen LogP contribution in [0.2, 0.25) is 0 Å². The third-order valence-corrected chi connectivity index (χ3v) is 9.95. The van der Waals surface area contributed by atoms with Gasteiger partial charge >= 0.3 is 0 Å². The van der Waals surface area contributed by atoms with Crippen LogP contribution in [0, 0.1) is 11.3 Å². The summed E-state index contributed by atoms with van der Waals surface area (Å²) in [7, 11) is -3.29. The van der Waals surface area contributed by atoms with Crippen molar-refractivity contribution in [1.82, 2.24) is 14.2 Å². The molecule has 10 nitrogen and oxygen atoms in total. The van der Waals surface area contributed by atoms with Gasteiger partial charge in [-0.05, 0) is 29.5 Å². The maximum atomic E-state index is 12.2. The van der Waals surface area contributed by atoms with Crippen LogP contribution in [0.4, 0.5) is 17.3 Å². The molecule has 0 spiro atoms. The summed E-state index contributed by atoms with van der Waals surface area (Å²) in [6, 6.07) is 17.2. The van der Waals surface area contributed by atoms with E-state index in [2.05, 4.69) is 63.7 Å². The minimum atomic E-state index is -3.29. The third kappa shape index (κ3) is 5.16. The van der Waals surface area contributed by atoms with Crippen molar-refractivity contribution in [3.8, 4) is 6.07 Å². The van der Waals surface area contributed by atoms with Crippen LogP contribution in [0.5, 0.6) is 0 Å². The highest BCUT2D eigenvalue weighted by Crippen LogP contribution is 2.38. The van der Waals surface area contributed by atoms with E-state index in [4.69, 9.17) is 4.98 Å². The number of carbonyl (C=O) groups excluding carboxylic acids is 1. The molecular weight excluding hydrogens is 550 g/mol. The number of pyridine rings is 1. The molecule has 0 bridgehead atoms. The number of rotatable bonds is 5. The smallest absolute Gasteiger partial charge is 0.246 e. The Bertz CT molecular complexity index is 1680. The zero-order chi connectivity index (χ0) is 29.4. The normalized spacial score (nSPS) is 18.1. The van der Waals surface area contributed by atoms with Crippen LogP contribution in [0.3, 0.4) is 0 Å². The van der Waals surface area contributed by atoms with E-state index in [0.29, 0.717) is 70.3 Å². The molecule has 0 unspecified atom stereocenters. The predicted octanol–water partition coefficient (Wildman–Crippen LogP) is 2.59. The quantitative estimate of drug-likeness (QED) is 0.421. The molecule has 42 heavy (non-hydrogen) atoms. The highest BCUT2D eigenvalue weighted by Gasteiger charge is 2.33. The van der Waals surface area contributed by atoms with Gasteiger partial charge in [-0.2, -0.15) is 9.57 Å². The van der Waals surface area contributed by atoms with Crippen LogP contribution in [-0.4, -0.2) is 93.7 Å². The summed E-state index contributed by atoms with van der Waals surface area (Å²) in [6.45, 7) is 9.04. The maximum Gasteiger partial charge on any atom is 0.246 e. The van der Waals surface area contributed by atoms with Gasteiger partial charge < -0.3 is 19.6 Å². The van der Waals surface area contributed by atoms with Gasteiger partial charge in [-0.15, -0.1) is 0 Å². The van der Waals surface area contributed by atoms with Crippen molar-refractivity contribution in [2.45, 2.75) is 13.0 Å². The number of fused-ring (bicyclic) bond motifs is 2. The zero-order valence-electron chi connectivity index (χ0n) is 23.9. The first-order chi connectivity index (χ1) is 20.3. The number of nitrogens with zero attached hydrogens (tertiary/aromatic N) is 7. The second-order valence-corrected chi connectivity index (χ2v) is 13.0. The van der Waals surface area contributed by atoms with Crippen LogP contribution in [0.25, 0.3) is 10.8 Å². The van der Waals surface area contributed by atoms with Crippen molar-refractivity contribution in [1.29, 1.82) is 5.26 Å². The van der Waals surface area contributed by atoms with Crippen molar-refractivity contribution in [2.24, 2.45) is 0 Å². The number of aromatic nitrogens is 1. The summed E-state index contributed by atoms with van der Waals surface area (Å²) in [6.07, 6.45) is 3.33. The fourth-order valence-corrected chi connectivity index (χ4v) is 7.22. The molecule has 0 atom stereocenters. The van der Waals surface area contributed by atoms with Crippen molar-refractivity contribution in [2.75, 3.05) is 79.9 Å². The van der Waals surface area contributed by atoms with Gasteiger partial charge in [0.15, 0.2) is 0 Å². The molecule has 1 amide bonds. The molecule has 2 aromatic carbocycles. The molecule has 3 aromatic rings. The molecular formula is C31H35N7O3S. The van der Waals surface area contributed by atoms with Crippen LogP contribution >= 0.6 is 0 Å². The lowest BCUT2D eigenvalue weighted by atomic mass is 9.94. The van der Waals surface area contributed by atoms with E-state index in [1.165, 1.54) is 27.4 Å². The molecule has 3 aliphatic heterocycles. The molecule has 218 valence electrons. The van der Waals surface area contributed by atoms with Gasteiger partial charge in [-0.25, -0.2) is 13.4 Å². The summed E-state index contributed by atoms with van der Waals surface area (Å²) < 4.78 is 25.8.